The van der Waals surface area contributed by atoms with Crippen molar-refractivity contribution in [3.63, 3.8) is 0 Å². The minimum atomic E-state index is -0.504. The quantitative estimate of drug-likeness (QED) is 0.824. The van der Waals surface area contributed by atoms with Gasteiger partial charge in [-0.25, -0.2) is 0 Å². The van der Waals surface area contributed by atoms with Crippen molar-refractivity contribution in [1.82, 2.24) is 0 Å². The van der Waals surface area contributed by atoms with Gasteiger partial charge in [-0.2, -0.15) is 0 Å². The van der Waals surface area contributed by atoms with Crippen LogP contribution in [0.3, 0.4) is 0 Å². The number of nitrogens with zero attached hydrogens (tertiary/aromatic N) is 2. The van der Waals surface area contributed by atoms with Crippen LogP contribution < -0.4 is 4.90 Å². The third-order valence-corrected chi connectivity index (χ3v) is 5.70. The zero-order valence-corrected chi connectivity index (χ0v) is 14.2. The Morgan fingerprint density at radius 1 is 1.04 bits per heavy atom. The Balaban J connectivity index is 1.87. The number of carbonyl (C=O) groups excluding carboxylic acids is 1. The molecule has 24 heavy (non-hydrogen) atoms. The van der Waals surface area contributed by atoms with Gasteiger partial charge >= 0.3 is 0 Å². The van der Waals surface area contributed by atoms with Crippen LogP contribution in [0.4, 0.5) is 5.69 Å². The summed E-state index contributed by atoms with van der Waals surface area (Å²) < 4.78 is 0. The van der Waals surface area contributed by atoms with Crippen LogP contribution in [0.15, 0.2) is 59.6 Å². The molecule has 3 nitrogen and oxygen atoms in total. The fourth-order valence-corrected chi connectivity index (χ4v) is 4.19. The van der Waals surface area contributed by atoms with Gasteiger partial charge in [0.05, 0.1) is 12.0 Å². The van der Waals surface area contributed by atoms with Crippen molar-refractivity contribution in [3.05, 3.63) is 65.7 Å². The summed E-state index contributed by atoms with van der Waals surface area (Å²) in [6, 6.07) is 18.5. The number of rotatable bonds is 2. The van der Waals surface area contributed by atoms with E-state index < -0.39 is 5.41 Å². The summed E-state index contributed by atoms with van der Waals surface area (Å²) in [5.41, 5.74) is 2.61. The van der Waals surface area contributed by atoms with Gasteiger partial charge in [-0.3, -0.25) is 9.79 Å². The topological polar surface area (TPSA) is 32.7 Å². The molecule has 0 saturated carbocycles. The Bertz CT molecular complexity index is 810. The molecule has 0 N–H and O–H groups in total. The smallest absolute Gasteiger partial charge is 0.234 e. The van der Waals surface area contributed by atoms with E-state index in [0.29, 0.717) is 6.54 Å². The molecule has 0 bridgehead atoms. The molecular weight excluding hydrogens is 296 g/mol. The first-order valence-electron chi connectivity index (χ1n) is 8.53. The van der Waals surface area contributed by atoms with Gasteiger partial charge < -0.3 is 4.90 Å². The molecule has 2 aliphatic heterocycles. The van der Waals surface area contributed by atoms with Crippen molar-refractivity contribution in [2.75, 3.05) is 11.4 Å². The van der Waals surface area contributed by atoms with Gasteiger partial charge in [0.25, 0.3) is 0 Å². The molecule has 0 fully saturated rings. The van der Waals surface area contributed by atoms with Gasteiger partial charge in [0, 0.05) is 23.9 Å². The van der Waals surface area contributed by atoms with E-state index in [4.69, 9.17) is 0 Å². The van der Waals surface area contributed by atoms with Gasteiger partial charge in [-0.15, -0.1) is 0 Å². The molecule has 2 heterocycles. The van der Waals surface area contributed by atoms with Gasteiger partial charge in [-0.1, -0.05) is 48.5 Å². The number of anilines is 1. The monoisotopic (exact) mass is 318 g/mol. The van der Waals surface area contributed by atoms with Crippen LogP contribution in [-0.4, -0.2) is 18.7 Å². The first kappa shape index (κ1) is 15.1. The van der Waals surface area contributed by atoms with Crippen molar-refractivity contribution in [2.45, 2.75) is 32.2 Å². The van der Waals surface area contributed by atoms with E-state index in [9.17, 15) is 4.79 Å². The predicted octanol–water partition coefficient (Wildman–Crippen LogP) is 3.97. The summed E-state index contributed by atoms with van der Waals surface area (Å²) in [4.78, 5) is 19.9. The highest BCUT2D eigenvalue weighted by Gasteiger charge is 2.57. The molecule has 0 unspecified atom stereocenters. The Morgan fingerprint density at radius 3 is 2.46 bits per heavy atom. The molecule has 1 spiro atoms. The summed E-state index contributed by atoms with van der Waals surface area (Å²) in [6.07, 6.45) is 2.94. The van der Waals surface area contributed by atoms with Crippen molar-refractivity contribution in [2.24, 2.45) is 10.4 Å². The average Bonchev–Trinajstić information content (AvgIpc) is 3.10. The third kappa shape index (κ3) is 1.97. The molecule has 0 aromatic heterocycles. The van der Waals surface area contributed by atoms with E-state index in [0.717, 1.165) is 24.2 Å². The summed E-state index contributed by atoms with van der Waals surface area (Å²) >= 11 is 0. The van der Waals surface area contributed by atoms with Crippen LogP contribution in [0.5, 0.6) is 0 Å². The molecule has 3 heteroatoms. The van der Waals surface area contributed by atoms with Crippen LogP contribution >= 0.6 is 0 Å². The number of hydrogen-bond donors (Lipinski definition) is 0. The molecule has 4 rings (SSSR count). The highest BCUT2D eigenvalue weighted by molar-refractivity contribution is 6.06. The molecule has 2 aliphatic rings. The Kier molecular flexibility index (Phi) is 3.34. The summed E-state index contributed by atoms with van der Waals surface area (Å²) in [6.45, 7) is 5.54. The Morgan fingerprint density at radius 2 is 1.75 bits per heavy atom. The van der Waals surface area contributed by atoms with E-state index in [2.05, 4.69) is 49.2 Å². The largest absolute Gasteiger partial charge is 0.307 e. The van der Waals surface area contributed by atoms with Crippen molar-refractivity contribution < 1.29 is 4.79 Å². The van der Waals surface area contributed by atoms with Crippen molar-refractivity contribution in [3.8, 4) is 0 Å². The van der Waals surface area contributed by atoms with Crippen LogP contribution in [0, 0.1) is 5.41 Å². The zero-order valence-electron chi connectivity index (χ0n) is 14.2. The second-order valence-electron chi connectivity index (χ2n) is 7.28. The average molecular weight is 318 g/mol. The molecule has 2 aromatic carbocycles. The first-order valence-corrected chi connectivity index (χ1v) is 8.53. The van der Waals surface area contributed by atoms with Gasteiger partial charge in [-0.05, 0) is 37.5 Å². The Hall–Kier alpha value is -2.42. The lowest BCUT2D eigenvalue weighted by Crippen LogP contribution is -2.57. The third-order valence-electron chi connectivity index (χ3n) is 5.70. The normalized spacial score (nSPS) is 24.4. The van der Waals surface area contributed by atoms with Gasteiger partial charge in [0.1, 0.15) is 0 Å². The van der Waals surface area contributed by atoms with E-state index >= 15 is 0 Å². The number of carbonyl (C=O) groups is 1. The maximum atomic E-state index is 13.4. The molecule has 1 atom stereocenters. The lowest BCUT2D eigenvalue weighted by Gasteiger charge is -2.50. The molecule has 2 aromatic rings. The lowest BCUT2D eigenvalue weighted by atomic mass is 9.58. The van der Waals surface area contributed by atoms with Gasteiger partial charge in [0.15, 0.2) is 0 Å². The molecular formula is C21H22N2O. The summed E-state index contributed by atoms with van der Waals surface area (Å²) in [5, 5.41) is 0. The number of fused-ring (bicyclic) bond motifs is 2. The van der Waals surface area contributed by atoms with Crippen LogP contribution in [-0.2, 0) is 16.8 Å². The molecule has 1 amide bonds. The van der Waals surface area contributed by atoms with E-state index in [1.807, 2.05) is 35.4 Å². The standard InChI is InChI=1S/C21H22N2O/c1-20(2)19(24)23(14-16-8-4-3-5-9-16)18-11-7-6-10-17(18)21(20)12-13-22-15-21/h3-11,15H,12-14H2,1-2H3/t21-/m1/s1. The first-order chi connectivity index (χ1) is 11.6. The second kappa shape index (κ2) is 5.30. The number of aliphatic imine (C=N–C) groups is 1. The fourth-order valence-electron chi connectivity index (χ4n) is 4.19. The molecule has 0 saturated heterocycles. The SMILES string of the molecule is CC1(C)C(=O)N(Cc2ccccc2)c2ccccc2[C@@]12C=NCC2. The number of benzene rings is 2. The summed E-state index contributed by atoms with van der Waals surface area (Å²) in [5.74, 6) is 0.179. The summed E-state index contributed by atoms with van der Waals surface area (Å²) in [7, 11) is 0. The number of para-hydroxylation sites is 1. The van der Waals surface area contributed by atoms with Crippen LogP contribution in [0.2, 0.25) is 0 Å². The molecule has 0 radical (unpaired) electrons. The lowest BCUT2D eigenvalue weighted by molar-refractivity contribution is -0.129. The Labute approximate surface area is 143 Å². The maximum Gasteiger partial charge on any atom is 0.234 e. The fraction of sp³-hybridized carbons (Fsp3) is 0.333. The van der Waals surface area contributed by atoms with E-state index in [1.165, 1.54) is 5.56 Å². The molecule has 0 aliphatic carbocycles. The number of amides is 1. The number of hydrogen-bond acceptors (Lipinski definition) is 2. The minimum absolute atomic E-state index is 0.179. The van der Waals surface area contributed by atoms with Crippen molar-refractivity contribution >= 4 is 17.8 Å². The van der Waals surface area contributed by atoms with Crippen LogP contribution in [0.1, 0.15) is 31.4 Å². The minimum Gasteiger partial charge on any atom is -0.307 e. The highest BCUT2D eigenvalue weighted by Crippen LogP contribution is 2.53. The van der Waals surface area contributed by atoms with Crippen LogP contribution in [0.25, 0.3) is 0 Å². The second-order valence-corrected chi connectivity index (χ2v) is 7.28. The molecule has 122 valence electrons. The zero-order chi connectivity index (χ0) is 16.8. The van der Waals surface area contributed by atoms with E-state index in [-0.39, 0.29) is 11.3 Å². The maximum absolute atomic E-state index is 13.4. The van der Waals surface area contributed by atoms with Crippen molar-refractivity contribution in [1.29, 1.82) is 0 Å². The van der Waals surface area contributed by atoms with E-state index in [1.54, 1.807) is 0 Å². The van der Waals surface area contributed by atoms with Gasteiger partial charge in [0.2, 0.25) is 5.91 Å². The highest BCUT2D eigenvalue weighted by atomic mass is 16.2. The predicted molar refractivity (Wildman–Crippen MR) is 97.5 cm³/mol.